The van der Waals surface area contributed by atoms with Gasteiger partial charge in [-0.15, -0.1) is 0 Å². The van der Waals surface area contributed by atoms with Crippen molar-refractivity contribution in [3.05, 3.63) is 11.8 Å². The third kappa shape index (κ3) is 0.977. The van der Waals surface area contributed by atoms with E-state index in [0.29, 0.717) is 11.8 Å². The van der Waals surface area contributed by atoms with Gasteiger partial charge in [0.1, 0.15) is 0 Å². The van der Waals surface area contributed by atoms with Crippen molar-refractivity contribution in [3.63, 3.8) is 0 Å². The van der Waals surface area contributed by atoms with Crippen LogP contribution in [0.2, 0.25) is 0 Å². The lowest BCUT2D eigenvalue weighted by Gasteiger charge is -2.25. The molecule has 1 heterocycles. The van der Waals surface area contributed by atoms with Crippen LogP contribution in [0.5, 0.6) is 0 Å². The molecule has 0 radical (unpaired) electrons. The van der Waals surface area contributed by atoms with Gasteiger partial charge < -0.3 is 4.74 Å². The molecule has 0 N–H and O–H groups in total. The second kappa shape index (κ2) is 2.61. The molecule has 2 rings (SSSR count). The molecule has 0 aromatic rings. The molecule has 0 amide bonds. The fourth-order valence-electron chi connectivity index (χ4n) is 2.42. The summed E-state index contributed by atoms with van der Waals surface area (Å²) in [5, 5.41) is 0. The summed E-state index contributed by atoms with van der Waals surface area (Å²) < 4.78 is 4.97. The Kier molecular flexibility index (Phi) is 1.71. The van der Waals surface area contributed by atoms with Gasteiger partial charge in [-0.25, -0.2) is 0 Å². The van der Waals surface area contributed by atoms with Gasteiger partial charge in [0.25, 0.3) is 0 Å². The van der Waals surface area contributed by atoms with Crippen molar-refractivity contribution in [2.24, 2.45) is 17.8 Å². The van der Waals surface area contributed by atoms with Gasteiger partial charge in [-0.3, -0.25) is 4.79 Å². The number of fused-ring (bicyclic) bond motifs is 1. The number of hydrogen-bond donors (Lipinski definition) is 0. The summed E-state index contributed by atoms with van der Waals surface area (Å²) in [7, 11) is 0. The van der Waals surface area contributed by atoms with Crippen molar-refractivity contribution in [3.8, 4) is 0 Å². The Bertz CT molecular complexity index is 242. The number of allylic oxidation sites excluding steroid dienone is 1. The average molecular weight is 166 g/mol. The molecule has 12 heavy (non-hydrogen) atoms. The van der Waals surface area contributed by atoms with Crippen LogP contribution in [-0.4, -0.2) is 5.97 Å². The Hall–Kier alpha value is -0.790. The van der Waals surface area contributed by atoms with Gasteiger partial charge in [0.2, 0.25) is 0 Å². The summed E-state index contributed by atoms with van der Waals surface area (Å²) in [5.41, 5.74) is 1.24. The van der Waals surface area contributed by atoms with E-state index in [-0.39, 0.29) is 11.9 Å². The predicted molar refractivity (Wildman–Crippen MR) is 45.2 cm³/mol. The number of cyclic esters (lactones) is 1. The maximum Gasteiger partial charge on any atom is 0.314 e. The van der Waals surface area contributed by atoms with Crippen LogP contribution in [-0.2, 0) is 9.53 Å². The van der Waals surface area contributed by atoms with Crippen molar-refractivity contribution in [2.45, 2.75) is 26.7 Å². The highest BCUT2D eigenvalue weighted by atomic mass is 16.5. The summed E-state index contributed by atoms with van der Waals surface area (Å²) in [5.74, 6) is 1.11. The van der Waals surface area contributed by atoms with E-state index < -0.39 is 0 Å². The average Bonchev–Trinajstić information content (AvgIpc) is 2.42. The Labute approximate surface area is 72.6 Å². The lowest BCUT2D eigenvalue weighted by atomic mass is 9.85. The van der Waals surface area contributed by atoms with E-state index in [4.69, 9.17) is 4.74 Å². The highest BCUT2D eigenvalue weighted by molar-refractivity contribution is 5.75. The molecule has 1 aliphatic carbocycles. The van der Waals surface area contributed by atoms with E-state index >= 15 is 0 Å². The summed E-state index contributed by atoms with van der Waals surface area (Å²) in [6.07, 6.45) is 3.94. The van der Waals surface area contributed by atoms with E-state index in [9.17, 15) is 4.79 Å². The van der Waals surface area contributed by atoms with Gasteiger partial charge >= 0.3 is 5.97 Å². The monoisotopic (exact) mass is 166 g/mol. The first-order valence-corrected chi connectivity index (χ1v) is 4.57. The van der Waals surface area contributed by atoms with E-state index in [1.807, 2.05) is 0 Å². The van der Waals surface area contributed by atoms with Gasteiger partial charge in [0.15, 0.2) is 0 Å². The minimum Gasteiger partial charge on any atom is -0.434 e. The molecular weight excluding hydrogens is 152 g/mol. The third-order valence-electron chi connectivity index (χ3n) is 3.20. The van der Waals surface area contributed by atoms with Crippen LogP contribution in [0, 0.1) is 17.8 Å². The summed E-state index contributed by atoms with van der Waals surface area (Å²) in [6.45, 7) is 4.20. The van der Waals surface area contributed by atoms with Crippen LogP contribution in [0.1, 0.15) is 26.7 Å². The first-order chi connectivity index (χ1) is 5.70. The maximum atomic E-state index is 11.4. The minimum absolute atomic E-state index is 0.0180. The van der Waals surface area contributed by atoms with Crippen LogP contribution < -0.4 is 0 Å². The molecule has 0 bridgehead atoms. The maximum absolute atomic E-state index is 11.4. The third-order valence-corrected chi connectivity index (χ3v) is 3.20. The fraction of sp³-hybridized carbons (Fsp3) is 0.700. The van der Waals surface area contributed by atoms with Gasteiger partial charge in [-0.05, 0) is 37.2 Å². The number of hydrogen-bond acceptors (Lipinski definition) is 2. The van der Waals surface area contributed by atoms with Crippen LogP contribution in [0.25, 0.3) is 0 Å². The van der Waals surface area contributed by atoms with Crippen molar-refractivity contribution >= 4 is 5.97 Å². The van der Waals surface area contributed by atoms with Crippen LogP contribution in [0.15, 0.2) is 11.8 Å². The molecule has 1 fully saturated rings. The molecule has 66 valence electrons. The molecule has 1 aliphatic heterocycles. The largest absolute Gasteiger partial charge is 0.434 e. The molecular formula is C10H14O2. The summed E-state index contributed by atoms with van der Waals surface area (Å²) in [6, 6.07) is 0. The van der Waals surface area contributed by atoms with Gasteiger partial charge in [-0.2, -0.15) is 0 Å². The summed E-state index contributed by atoms with van der Waals surface area (Å²) in [4.78, 5) is 11.4. The smallest absolute Gasteiger partial charge is 0.314 e. The van der Waals surface area contributed by atoms with Crippen LogP contribution in [0.3, 0.4) is 0 Å². The van der Waals surface area contributed by atoms with E-state index in [1.54, 1.807) is 6.26 Å². The standard InChI is InChI=1S/C10H14O2/c1-6-3-4-8-7(2)5-12-10(11)9(6)8/h5-6,8-9H,3-4H2,1-2H3/t6?,8-,9-/m1/s1. The first-order valence-electron chi connectivity index (χ1n) is 4.57. The lowest BCUT2D eigenvalue weighted by molar-refractivity contribution is -0.146. The number of carbonyl (C=O) groups is 1. The van der Waals surface area contributed by atoms with Crippen LogP contribution >= 0.6 is 0 Å². The van der Waals surface area contributed by atoms with Gasteiger partial charge in [0, 0.05) is 0 Å². The topological polar surface area (TPSA) is 26.3 Å². The zero-order valence-electron chi connectivity index (χ0n) is 7.54. The van der Waals surface area contributed by atoms with Gasteiger partial charge in [-0.1, -0.05) is 6.92 Å². The first kappa shape index (κ1) is 7.84. The minimum atomic E-state index is -0.0180. The highest BCUT2D eigenvalue weighted by Gasteiger charge is 2.42. The van der Waals surface area contributed by atoms with Crippen molar-refractivity contribution < 1.29 is 9.53 Å². The number of carbonyl (C=O) groups excluding carboxylic acids is 1. The second-order valence-electron chi connectivity index (χ2n) is 3.99. The number of rotatable bonds is 0. The van der Waals surface area contributed by atoms with E-state index in [0.717, 1.165) is 12.8 Å². The van der Waals surface area contributed by atoms with Crippen molar-refractivity contribution in [1.29, 1.82) is 0 Å². The lowest BCUT2D eigenvalue weighted by Crippen LogP contribution is -2.28. The zero-order chi connectivity index (χ0) is 8.72. The number of ether oxygens (including phenoxy) is 1. The van der Waals surface area contributed by atoms with Crippen LogP contribution in [0.4, 0.5) is 0 Å². The quantitative estimate of drug-likeness (QED) is 0.515. The van der Waals surface area contributed by atoms with Crippen molar-refractivity contribution in [2.75, 3.05) is 0 Å². The normalized spacial score (nSPS) is 40.3. The molecule has 0 aromatic heterocycles. The molecule has 1 unspecified atom stereocenters. The Balaban J connectivity index is 2.29. The number of esters is 1. The molecule has 3 atom stereocenters. The van der Waals surface area contributed by atoms with E-state index in [2.05, 4.69) is 13.8 Å². The van der Waals surface area contributed by atoms with Gasteiger partial charge in [0.05, 0.1) is 12.2 Å². The molecule has 0 saturated heterocycles. The van der Waals surface area contributed by atoms with E-state index in [1.165, 1.54) is 5.57 Å². The Morgan fingerprint density at radius 3 is 2.92 bits per heavy atom. The van der Waals surface area contributed by atoms with Crippen molar-refractivity contribution in [1.82, 2.24) is 0 Å². The Morgan fingerprint density at radius 2 is 2.25 bits per heavy atom. The SMILES string of the molecule is CC1=COC(=O)[C@@H]2C(C)CC[C@H]12. The molecule has 0 spiro atoms. The molecule has 2 nitrogen and oxygen atoms in total. The zero-order valence-corrected chi connectivity index (χ0v) is 7.54. The second-order valence-corrected chi connectivity index (χ2v) is 3.99. The highest BCUT2D eigenvalue weighted by Crippen LogP contribution is 2.43. The fourth-order valence-corrected chi connectivity index (χ4v) is 2.42. The summed E-state index contributed by atoms with van der Waals surface area (Å²) >= 11 is 0. The molecule has 0 aromatic carbocycles. The Morgan fingerprint density at radius 1 is 1.50 bits per heavy atom. The molecule has 1 saturated carbocycles. The predicted octanol–water partition coefficient (Wildman–Crippen LogP) is 2.11. The molecule has 2 aliphatic rings. The molecule has 2 heteroatoms.